The zero-order chi connectivity index (χ0) is 24.0. The smallest absolute Gasteiger partial charge is 0.253 e. The summed E-state index contributed by atoms with van der Waals surface area (Å²) in [6, 6.07) is 3.53. The molecule has 3 aliphatic carbocycles. The first kappa shape index (κ1) is 23.1. The Balaban J connectivity index is 1.67. The Hall–Kier alpha value is -2.63. The molecule has 3 aliphatic rings. The summed E-state index contributed by atoms with van der Waals surface area (Å²) >= 11 is 0. The van der Waals surface area contributed by atoms with Crippen molar-refractivity contribution in [3.8, 4) is 5.69 Å². The highest BCUT2D eigenvalue weighted by molar-refractivity contribution is 6.01. The highest BCUT2D eigenvalue weighted by Gasteiger charge is 2.41. The van der Waals surface area contributed by atoms with E-state index in [-0.39, 0.29) is 22.8 Å². The molecule has 2 aromatic rings. The van der Waals surface area contributed by atoms with Crippen molar-refractivity contribution in [2.75, 3.05) is 5.32 Å². The Morgan fingerprint density at radius 3 is 2.50 bits per heavy atom. The van der Waals surface area contributed by atoms with Gasteiger partial charge in [0.2, 0.25) is 0 Å². The molecule has 6 heteroatoms. The molecular formula is C28H36FN3O2. The summed E-state index contributed by atoms with van der Waals surface area (Å²) < 4.78 is 17.6. The fourth-order valence-electron chi connectivity index (χ4n) is 6.65. The first-order chi connectivity index (χ1) is 16.4. The average Bonchev–Trinajstić information content (AvgIpc) is 3.39. The van der Waals surface area contributed by atoms with Gasteiger partial charge in [0.05, 0.1) is 16.9 Å². The number of carbonyl (C=O) groups excluding carboxylic acids is 2. The van der Waals surface area contributed by atoms with Gasteiger partial charge in [0.15, 0.2) is 5.78 Å². The minimum atomic E-state index is -0.756. The van der Waals surface area contributed by atoms with Crippen LogP contribution in [0.5, 0.6) is 0 Å². The molecule has 5 nitrogen and oxygen atoms in total. The van der Waals surface area contributed by atoms with E-state index < -0.39 is 11.7 Å². The van der Waals surface area contributed by atoms with Crippen molar-refractivity contribution in [3.63, 3.8) is 0 Å². The summed E-state index contributed by atoms with van der Waals surface area (Å²) in [6.07, 6.45) is 11.5. The van der Waals surface area contributed by atoms with E-state index in [2.05, 4.69) is 23.7 Å². The highest BCUT2D eigenvalue weighted by atomic mass is 19.1. The van der Waals surface area contributed by atoms with Crippen LogP contribution in [0.2, 0.25) is 0 Å². The molecule has 5 rings (SSSR count). The van der Waals surface area contributed by atoms with Crippen LogP contribution in [0.25, 0.3) is 5.69 Å². The van der Waals surface area contributed by atoms with Crippen molar-refractivity contribution in [3.05, 3.63) is 46.0 Å². The van der Waals surface area contributed by atoms with Gasteiger partial charge in [0.25, 0.3) is 5.91 Å². The number of rotatable bonds is 6. The molecule has 0 radical (unpaired) electrons. The molecule has 1 aromatic carbocycles. The molecule has 1 amide bonds. The van der Waals surface area contributed by atoms with Gasteiger partial charge in [-0.1, -0.05) is 33.1 Å². The molecule has 34 heavy (non-hydrogen) atoms. The molecule has 0 bridgehead atoms. The second kappa shape index (κ2) is 8.86. The Morgan fingerprint density at radius 1 is 1.09 bits per heavy atom. The number of amides is 1. The number of aromatic nitrogens is 1. The lowest BCUT2D eigenvalue weighted by Gasteiger charge is -2.36. The van der Waals surface area contributed by atoms with Crippen LogP contribution in [-0.4, -0.2) is 22.3 Å². The first-order valence-corrected chi connectivity index (χ1v) is 13.1. The molecule has 0 unspecified atom stereocenters. The van der Waals surface area contributed by atoms with Crippen molar-refractivity contribution >= 4 is 17.4 Å². The number of nitrogens with zero attached hydrogens (tertiary/aromatic N) is 1. The zero-order valence-electron chi connectivity index (χ0n) is 20.4. The number of primary amides is 1. The molecule has 0 saturated heterocycles. The number of ketones is 1. The topological polar surface area (TPSA) is 77.1 Å². The third-order valence-corrected chi connectivity index (χ3v) is 8.72. The van der Waals surface area contributed by atoms with Crippen LogP contribution in [-0.2, 0) is 19.3 Å². The van der Waals surface area contributed by atoms with Crippen molar-refractivity contribution in [2.24, 2.45) is 11.1 Å². The van der Waals surface area contributed by atoms with Crippen LogP contribution in [0.15, 0.2) is 12.1 Å². The van der Waals surface area contributed by atoms with Crippen LogP contribution < -0.4 is 11.1 Å². The second-order valence-electron chi connectivity index (χ2n) is 10.6. The van der Waals surface area contributed by atoms with Gasteiger partial charge in [-0.05, 0) is 74.5 Å². The summed E-state index contributed by atoms with van der Waals surface area (Å²) in [5, 5.41) is 3.45. The molecular weight excluding hydrogens is 429 g/mol. The van der Waals surface area contributed by atoms with E-state index in [0.29, 0.717) is 17.8 Å². The number of anilines is 1. The van der Waals surface area contributed by atoms with Crippen molar-refractivity contribution in [2.45, 2.75) is 96.9 Å². The maximum absolute atomic E-state index is 15.4. The van der Waals surface area contributed by atoms with Crippen LogP contribution >= 0.6 is 0 Å². The predicted molar refractivity (Wildman–Crippen MR) is 132 cm³/mol. The second-order valence-corrected chi connectivity index (χ2v) is 10.6. The molecule has 0 aliphatic heterocycles. The predicted octanol–water partition coefficient (Wildman–Crippen LogP) is 5.88. The van der Waals surface area contributed by atoms with E-state index in [9.17, 15) is 9.59 Å². The summed E-state index contributed by atoms with van der Waals surface area (Å²) in [7, 11) is 0. The van der Waals surface area contributed by atoms with Gasteiger partial charge in [-0.2, -0.15) is 0 Å². The quantitative estimate of drug-likeness (QED) is 0.559. The third-order valence-electron chi connectivity index (χ3n) is 8.72. The SMILES string of the molecule is CCC1(CC)CC(=O)c2c3c(n(-c4cc(F)c(C(N)=O)c(NC5CCCCC5)c4)c2C1)CCC3. The largest absolute Gasteiger partial charge is 0.382 e. The van der Waals surface area contributed by atoms with Gasteiger partial charge in [0, 0.05) is 29.4 Å². The number of benzene rings is 1. The minimum Gasteiger partial charge on any atom is -0.382 e. The van der Waals surface area contributed by atoms with E-state index in [0.717, 1.165) is 86.7 Å². The molecule has 1 heterocycles. The zero-order valence-corrected chi connectivity index (χ0v) is 20.4. The van der Waals surface area contributed by atoms with Crippen LogP contribution in [0.3, 0.4) is 0 Å². The Bertz CT molecular complexity index is 1140. The summed E-state index contributed by atoms with van der Waals surface area (Å²) in [6.45, 7) is 4.33. The summed E-state index contributed by atoms with van der Waals surface area (Å²) in [5.74, 6) is -1.12. The summed E-state index contributed by atoms with van der Waals surface area (Å²) in [5.41, 5.74) is 10.9. The van der Waals surface area contributed by atoms with Gasteiger partial charge in [-0.15, -0.1) is 0 Å². The third kappa shape index (κ3) is 3.75. The lowest BCUT2D eigenvalue weighted by molar-refractivity contribution is 0.0867. The maximum atomic E-state index is 15.4. The number of hydrogen-bond acceptors (Lipinski definition) is 3. The molecule has 0 atom stereocenters. The fraction of sp³-hybridized carbons (Fsp3) is 0.571. The van der Waals surface area contributed by atoms with Crippen LogP contribution in [0.4, 0.5) is 10.1 Å². The number of nitrogens with one attached hydrogen (secondary N) is 1. The Morgan fingerprint density at radius 2 is 1.82 bits per heavy atom. The van der Waals surface area contributed by atoms with Gasteiger partial charge in [-0.3, -0.25) is 9.59 Å². The van der Waals surface area contributed by atoms with Gasteiger partial charge in [-0.25, -0.2) is 4.39 Å². The van der Waals surface area contributed by atoms with Crippen molar-refractivity contribution in [1.29, 1.82) is 0 Å². The first-order valence-electron chi connectivity index (χ1n) is 13.1. The van der Waals surface area contributed by atoms with Crippen LogP contribution in [0, 0.1) is 11.2 Å². The maximum Gasteiger partial charge on any atom is 0.253 e. The van der Waals surface area contributed by atoms with Crippen molar-refractivity contribution in [1.82, 2.24) is 4.57 Å². The highest BCUT2D eigenvalue weighted by Crippen LogP contribution is 2.46. The molecule has 3 N–H and O–H groups in total. The van der Waals surface area contributed by atoms with Gasteiger partial charge >= 0.3 is 0 Å². The molecule has 0 spiro atoms. The molecule has 1 saturated carbocycles. The monoisotopic (exact) mass is 465 g/mol. The van der Waals surface area contributed by atoms with Gasteiger partial charge < -0.3 is 15.6 Å². The average molecular weight is 466 g/mol. The number of Topliss-reactive ketones (excluding diaryl/α,β-unsaturated/α-hetero) is 1. The van der Waals surface area contributed by atoms with E-state index in [1.165, 1.54) is 12.5 Å². The normalized spacial score (nSPS) is 19.7. The standard InChI is InChI=1S/C28H36FN3O2/c1-3-28(4-2)15-23-25(24(33)16-28)19-11-8-12-22(19)32(23)18-13-20(29)26(27(30)34)21(14-18)31-17-9-6-5-7-10-17/h13-14,17,31H,3-12,15-16H2,1-2H3,(H2,30,34). The Kier molecular flexibility index (Phi) is 6.03. The summed E-state index contributed by atoms with van der Waals surface area (Å²) in [4.78, 5) is 25.6. The van der Waals surface area contributed by atoms with Gasteiger partial charge in [0.1, 0.15) is 5.82 Å². The van der Waals surface area contributed by atoms with Crippen LogP contribution in [0.1, 0.15) is 109 Å². The number of hydrogen-bond donors (Lipinski definition) is 2. The molecule has 1 aromatic heterocycles. The van der Waals surface area contributed by atoms with E-state index in [4.69, 9.17) is 5.73 Å². The lowest BCUT2D eigenvalue weighted by atomic mass is 9.69. The van der Waals surface area contributed by atoms with E-state index >= 15 is 4.39 Å². The number of carbonyl (C=O) groups is 2. The molecule has 182 valence electrons. The van der Waals surface area contributed by atoms with E-state index in [1.54, 1.807) is 0 Å². The lowest BCUT2D eigenvalue weighted by Crippen LogP contribution is -2.32. The Labute approximate surface area is 201 Å². The number of halogens is 1. The molecule has 1 fully saturated rings. The number of nitrogens with two attached hydrogens (primary N) is 1. The fourth-order valence-corrected chi connectivity index (χ4v) is 6.65. The minimum absolute atomic E-state index is 0.0528. The van der Waals surface area contributed by atoms with E-state index in [1.807, 2.05) is 6.07 Å². The number of fused-ring (bicyclic) bond motifs is 3. The van der Waals surface area contributed by atoms with Crippen molar-refractivity contribution < 1.29 is 14.0 Å².